The van der Waals surface area contributed by atoms with E-state index in [1.165, 1.54) is 44.1 Å². The summed E-state index contributed by atoms with van der Waals surface area (Å²) < 4.78 is 5.94. The highest BCUT2D eigenvalue weighted by Gasteiger charge is 2.14. The molecule has 4 rings (SSSR count). The van der Waals surface area contributed by atoms with Gasteiger partial charge in [0.05, 0.1) is 5.69 Å². The molecule has 1 fully saturated rings. The van der Waals surface area contributed by atoms with Gasteiger partial charge in [-0.25, -0.2) is 0 Å². The highest BCUT2D eigenvalue weighted by atomic mass is 16.5. The van der Waals surface area contributed by atoms with Gasteiger partial charge >= 0.3 is 0 Å². The molecule has 1 aliphatic rings. The van der Waals surface area contributed by atoms with Crippen LogP contribution < -0.4 is 10.1 Å². The number of carbonyl (C=O) groups is 1. The number of benzene rings is 2. The van der Waals surface area contributed by atoms with Crippen LogP contribution in [0.15, 0.2) is 66.9 Å². The van der Waals surface area contributed by atoms with Crippen LogP contribution in [0.3, 0.4) is 0 Å². The Morgan fingerprint density at radius 1 is 1.03 bits per heavy atom. The average molecular weight is 457 g/mol. The minimum absolute atomic E-state index is 0.244. The second kappa shape index (κ2) is 12.4. The van der Waals surface area contributed by atoms with E-state index in [0.29, 0.717) is 13.0 Å². The Morgan fingerprint density at radius 2 is 1.91 bits per heavy atom. The number of pyridine rings is 1. The third kappa shape index (κ3) is 6.93. The van der Waals surface area contributed by atoms with Gasteiger partial charge in [-0.2, -0.15) is 0 Å². The number of Topliss-reactive ketones (excluding diaryl/α,β-unsaturated/α-hetero) is 1. The molecule has 0 spiro atoms. The Balaban J connectivity index is 1.34. The van der Waals surface area contributed by atoms with Crippen molar-refractivity contribution in [1.29, 1.82) is 0 Å². The number of ketones is 1. The molecule has 1 aromatic heterocycles. The first-order chi connectivity index (χ1) is 16.7. The highest BCUT2D eigenvalue weighted by Crippen LogP contribution is 2.29. The molecule has 1 aliphatic carbocycles. The number of hydrogen-bond acceptors (Lipinski definition) is 4. The normalized spacial score (nSPS) is 14.0. The second-order valence-corrected chi connectivity index (χ2v) is 9.31. The van der Waals surface area contributed by atoms with Gasteiger partial charge in [0.15, 0.2) is 5.78 Å². The molecule has 0 aliphatic heterocycles. The summed E-state index contributed by atoms with van der Waals surface area (Å²) in [4.78, 5) is 17.1. The number of rotatable bonds is 11. The van der Waals surface area contributed by atoms with Crippen molar-refractivity contribution in [2.45, 2.75) is 71.3 Å². The van der Waals surface area contributed by atoms with Gasteiger partial charge in [-0.05, 0) is 66.8 Å². The molecule has 2 aromatic carbocycles. The van der Waals surface area contributed by atoms with Crippen LogP contribution in [0.4, 0.5) is 11.4 Å². The molecule has 0 radical (unpaired) electrons. The van der Waals surface area contributed by atoms with Crippen molar-refractivity contribution in [1.82, 2.24) is 4.98 Å². The van der Waals surface area contributed by atoms with Gasteiger partial charge in [-0.15, -0.1) is 0 Å². The van der Waals surface area contributed by atoms with Gasteiger partial charge in [0.1, 0.15) is 12.4 Å². The summed E-state index contributed by atoms with van der Waals surface area (Å²) >= 11 is 0. The van der Waals surface area contributed by atoms with Gasteiger partial charge in [-0.1, -0.05) is 63.6 Å². The zero-order valence-corrected chi connectivity index (χ0v) is 20.3. The molecule has 0 saturated heterocycles. The maximum absolute atomic E-state index is 12.8. The van der Waals surface area contributed by atoms with Crippen LogP contribution in [0.2, 0.25) is 0 Å². The Kier molecular flexibility index (Phi) is 8.72. The third-order valence-electron chi connectivity index (χ3n) is 6.77. The van der Waals surface area contributed by atoms with Crippen LogP contribution in [0.5, 0.6) is 5.75 Å². The van der Waals surface area contributed by atoms with Gasteiger partial charge in [0, 0.05) is 29.6 Å². The number of anilines is 2. The molecule has 4 nitrogen and oxygen atoms in total. The number of nitrogens with zero attached hydrogens (tertiary/aromatic N) is 1. The quantitative estimate of drug-likeness (QED) is 0.298. The number of hydrogen-bond donors (Lipinski definition) is 1. The summed E-state index contributed by atoms with van der Waals surface area (Å²) in [5.74, 6) is 1.90. The molecular weight excluding hydrogens is 420 g/mol. The van der Waals surface area contributed by atoms with Crippen LogP contribution >= 0.6 is 0 Å². The number of aromatic nitrogens is 1. The van der Waals surface area contributed by atoms with Crippen molar-refractivity contribution in [3.63, 3.8) is 0 Å². The van der Waals surface area contributed by atoms with E-state index < -0.39 is 0 Å². The van der Waals surface area contributed by atoms with Crippen molar-refractivity contribution in [2.75, 3.05) is 5.32 Å². The lowest BCUT2D eigenvalue weighted by atomic mass is 9.85. The van der Waals surface area contributed by atoms with E-state index in [1.807, 2.05) is 54.6 Å². The van der Waals surface area contributed by atoms with Crippen LogP contribution in [0.25, 0.3) is 0 Å². The maximum Gasteiger partial charge on any atom is 0.162 e. The van der Waals surface area contributed by atoms with Gasteiger partial charge in [-0.3, -0.25) is 9.78 Å². The number of ether oxygens (including phenoxy) is 1. The van der Waals surface area contributed by atoms with Crippen LogP contribution in [0.1, 0.15) is 79.9 Å². The zero-order chi connectivity index (χ0) is 23.6. The molecule has 0 atom stereocenters. The minimum atomic E-state index is 0.244. The van der Waals surface area contributed by atoms with E-state index in [9.17, 15) is 4.79 Å². The molecule has 4 heteroatoms. The van der Waals surface area contributed by atoms with Crippen molar-refractivity contribution in [3.05, 3.63) is 83.7 Å². The minimum Gasteiger partial charge on any atom is -0.487 e. The Hall–Kier alpha value is -3.14. The van der Waals surface area contributed by atoms with Crippen LogP contribution in [-0.2, 0) is 13.0 Å². The molecule has 34 heavy (non-hydrogen) atoms. The van der Waals surface area contributed by atoms with E-state index >= 15 is 0 Å². The third-order valence-corrected chi connectivity index (χ3v) is 6.77. The molecule has 3 aromatic rings. The monoisotopic (exact) mass is 456 g/mol. The van der Waals surface area contributed by atoms with E-state index in [1.54, 1.807) is 6.20 Å². The lowest BCUT2D eigenvalue weighted by Crippen LogP contribution is -2.07. The van der Waals surface area contributed by atoms with Crippen LogP contribution in [0, 0.1) is 5.92 Å². The topological polar surface area (TPSA) is 51.2 Å². The molecule has 0 bridgehead atoms. The summed E-state index contributed by atoms with van der Waals surface area (Å²) in [7, 11) is 0. The first-order valence-corrected chi connectivity index (χ1v) is 12.8. The molecule has 0 unspecified atom stereocenters. The predicted octanol–water partition coefficient (Wildman–Crippen LogP) is 7.90. The van der Waals surface area contributed by atoms with Crippen molar-refractivity contribution < 1.29 is 9.53 Å². The standard InChI is InChI=1S/C30H36N2O2/c1-2-24-21-28(34-22-27-14-6-7-19-31-27)17-18-29(24)32-26-15-9-13-25(20-26)30(33)16-8-12-23-10-4-3-5-11-23/h6-7,9,13-15,17-21,23,32H,2-5,8,10-12,16,22H2,1H3. The van der Waals surface area contributed by atoms with Crippen molar-refractivity contribution >= 4 is 17.2 Å². The molecule has 1 saturated carbocycles. The fourth-order valence-electron chi connectivity index (χ4n) is 4.81. The first-order valence-electron chi connectivity index (χ1n) is 12.8. The Morgan fingerprint density at radius 3 is 2.71 bits per heavy atom. The molecule has 1 heterocycles. The predicted molar refractivity (Wildman–Crippen MR) is 139 cm³/mol. The van der Waals surface area contributed by atoms with Crippen molar-refractivity contribution in [2.24, 2.45) is 5.92 Å². The highest BCUT2D eigenvalue weighted by molar-refractivity contribution is 5.97. The fourth-order valence-corrected chi connectivity index (χ4v) is 4.81. The van der Waals surface area contributed by atoms with Crippen molar-refractivity contribution in [3.8, 4) is 5.75 Å². The molecule has 0 amide bonds. The Bertz CT molecular complexity index is 1060. The maximum atomic E-state index is 12.8. The lowest BCUT2D eigenvalue weighted by molar-refractivity contribution is 0.0976. The summed E-state index contributed by atoms with van der Waals surface area (Å²) in [5, 5.41) is 3.51. The fraction of sp³-hybridized carbons (Fsp3) is 0.400. The smallest absolute Gasteiger partial charge is 0.162 e. The van der Waals surface area contributed by atoms with Crippen LogP contribution in [-0.4, -0.2) is 10.8 Å². The van der Waals surface area contributed by atoms with E-state index in [2.05, 4.69) is 23.3 Å². The Labute approximate surface area is 203 Å². The summed E-state index contributed by atoms with van der Waals surface area (Å²) in [6.07, 6.45) is 12.3. The van der Waals surface area contributed by atoms with E-state index in [-0.39, 0.29) is 5.78 Å². The average Bonchev–Trinajstić information content (AvgIpc) is 2.89. The summed E-state index contributed by atoms with van der Waals surface area (Å²) in [6, 6.07) is 19.8. The van der Waals surface area contributed by atoms with Gasteiger partial charge in [0.2, 0.25) is 0 Å². The summed E-state index contributed by atoms with van der Waals surface area (Å²) in [5.41, 5.74) is 4.84. The first kappa shape index (κ1) is 24.0. The second-order valence-electron chi connectivity index (χ2n) is 9.31. The van der Waals surface area contributed by atoms with E-state index in [4.69, 9.17) is 4.74 Å². The molecule has 1 N–H and O–H groups in total. The van der Waals surface area contributed by atoms with Gasteiger partial charge < -0.3 is 10.1 Å². The largest absolute Gasteiger partial charge is 0.487 e. The number of nitrogens with one attached hydrogen (secondary N) is 1. The number of carbonyl (C=O) groups excluding carboxylic acids is 1. The SMILES string of the molecule is CCc1cc(OCc2ccccn2)ccc1Nc1cccc(C(=O)CCCC2CCCCC2)c1. The molecule has 178 valence electrons. The lowest BCUT2D eigenvalue weighted by Gasteiger charge is -2.21. The number of aryl methyl sites for hydroxylation is 1. The van der Waals surface area contributed by atoms with E-state index in [0.717, 1.165) is 47.1 Å². The molecular formula is C30H36N2O2. The van der Waals surface area contributed by atoms with Gasteiger partial charge in [0.25, 0.3) is 0 Å². The zero-order valence-electron chi connectivity index (χ0n) is 20.3. The summed E-state index contributed by atoms with van der Waals surface area (Å²) in [6.45, 7) is 2.58.